The van der Waals surface area contributed by atoms with Crippen molar-refractivity contribution < 1.29 is 0 Å². The molecule has 0 aromatic heterocycles. The molecule has 4 rings (SSSR count). The van der Waals surface area contributed by atoms with Gasteiger partial charge in [-0.2, -0.15) is 0 Å². The smallest absolute Gasteiger partial charge is 0.128 e. The van der Waals surface area contributed by atoms with E-state index in [4.69, 9.17) is 0 Å². The topological polar surface area (TPSA) is 24.4 Å². The Morgan fingerprint density at radius 2 is 1.75 bits per heavy atom. The maximum absolute atomic E-state index is 4.59. The SMILES string of the molecule is Cc1ccc2ccccc2c1CCc1ccccc1C1=NCCN1. The summed E-state index contributed by atoms with van der Waals surface area (Å²) in [5.41, 5.74) is 5.47. The fourth-order valence-electron chi connectivity index (χ4n) is 3.58. The second-order valence-corrected chi connectivity index (χ2v) is 6.40. The summed E-state index contributed by atoms with van der Waals surface area (Å²) in [5, 5.41) is 6.11. The van der Waals surface area contributed by atoms with E-state index in [1.165, 1.54) is 33.0 Å². The average molecular weight is 314 g/mol. The Bertz CT molecular complexity index is 909. The molecular weight excluding hydrogens is 292 g/mol. The van der Waals surface area contributed by atoms with Gasteiger partial charge in [-0.1, -0.05) is 60.7 Å². The third kappa shape index (κ3) is 2.80. The van der Waals surface area contributed by atoms with E-state index in [1.807, 2.05) is 0 Å². The van der Waals surface area contributed by atoms with Crippen molar-refractivity contribution in [1.82, 2.24) is 5.32 Å². The van der Waals surface area contributed by atoms with Gasteiger partial charge in [-0.3, -0.25) is 4.99 Å². The number of nitrogens with one attached hydrogen (secondary N) is 1. The van der Waals surface area contributed by atoms with Crippen LogP contribution in [0.5, 0.6) is 0 Å². The molecule has 3 aromatic rings. The van der Waals surface area contributed by atoms with Crippen LogP contribution in [0, 0.1) is 6.92 Å². The summed E-state index contributed by atoms with van der Waals surface area (Å²) in [6.07, 6.45) is 2.09. The van der Waals surface area contributed by atoms with Gasteiger partial charge < -0.3 is 5.32 Å². The molecule has 0 spiro atoms. The summed E-state index contributed by atoms with van der Waals surface area (Å²) in [7, 11) is 0. The van der Waals surface area contributed by atoms with Crippen molar-refractivity contribution in [3.63, 3.8) is 0 Å². The molecule has 1 N–H and O–H groups in total. The minimum Gasteiger partial charge on any atom is -0.368 e. The third-order valence-corrected chi connectivity index (χ3v) is 4.87. The van der Waals surface area contributed by atoms with Crippen LogP contribution in [0.3, 0.4) is 0 Å². The van der Waals surface area contributed by atoms with Crippen molar-refractivity contribution in [2.45, 2.75) is 19.8 Å². The summed E-state index contributed by atoms with van der Waals surface area (Å²) >= 11 is 0. The zero-order valence-corrected chi connectivity index (χ0v) is 14.0. The molecule has 0 bridgehead atoms. The Morgan fingerprint density at radius 1 is 0.917 bits per heavy atom. The molecule has 0 aliphatic carbocycles. The van der Waals surface area contributed by atoms with Crippen LogP contribution in [0.2, 0.25) is 0 Å². The summed E-state index contributed by atoms with van der Waals surface area (Å²) in [4.78, 5) is 4.59. The van der Waals surface area contributed by atoms with Gasteiger partial charge in [0.15, 0.2) is 0 Å². The highest BCUT2D eigenvalue weighted by molar-refractivity contribution is 6.01. The van der Waals surface area contributed by atoms with E-state index in [0.29, 0.717) is 0 Å². The van der Waals surface area contributed by atoms with Crippen LogP contribution in [0.1, 0.15) is 22.3 Å². The molecule has 3 aromatic carbocycles. The van der Waals surface area contributed by atoms with Crippen LogP contribution in [0.25, 0.3) is 10.8 Å². The predicted octanol–water partition coefficient (Wildman–Crippen LogP) is 4.28. The van der Waals surface area contributed by atoms with Crippen LogP contribution in [-0.2, 0) is 12.8 Å². The minimum atomic E-state index is 0.881. The zero-order valence-electron chi connectivity index (χ0n) is 14.0. The number of aliphatic imine (C=N–C) groups is 1. The maximum atomic E-state index is 4.59. The summed E-state index contributed by atoms with van der Waals surface area (Å²) in [5.74, 6) is 1.06. The molecule has 1 heterocycles. The summed E-state index contributed by atoms with van der Waals surface area (Å²) < 4.78 is 0. The van der Waals surface area contributed by atoms with Gasteiger partial charge in [0.1, 0.15) is 5.84 Å². The standard InChI is InChI=1S/C22H22N2/c1-16-10-11-17-6-2-4-8-20(17)19(16)13-12-18-7-3-5-9-21(18)22-23-14-15-24-22/h2-11H,12-15H2,1H3,(H,23,24). The molecule has 2 heteroatoms. The lowest BCUT2D eigenvalue weighted by Gasteiger charge is -2.13. The molecule has 0 saturated heterocycles. The highest BCUT2D eigenvalue weighted by Gasteiger charge is 2.13. The number of fused-ring (bicyclic) bond motifs is 1. The molecule has 0 fully saturated rings. The summed E-state index contributed by atoms with van der Waals surface area (Å²) in [6.45, 7) is 4.05. The molecule has 0 radical (unpaired) electrons. The van der Waals surface area contributed by atoms with E-state index in [-0.39, 0.29) is 0 Å². The number of rotatable bonds is 4. The number of benzene rings is 3. The van der Waals surface area contributed by atoms with Crippen LogP contribution in [0.4, 0.5) is 0 Å². The molecule has 24 heavy (non-hydrogen) atoms. The van der Waals surface area contributed by atoms with Gasteiger partial charge in [0.25, 0.3) is 0 Å². The van der Waals surface area contributed by atoms with Gasteiger partial charge in [0.2, 0.25) is 0 Å². The van der Waals surface area contributed by atoms with Crippen LogP contribution < -0.4 is 5.32 Å². The van der Waals surface area contributed by atoms with Gasteiger partial charge in [0.05, 0.1) is 6.54 Å². The van der Waals surface area contributed by atoms with E-state index in [1.54, 1.807) is 0 Å². The lowest BCUT2D eigenvalue weighted by Crippen LogP contribution is -2.21. The number of aryl methyl sites for hydroxylation is 3. The maximum Gasteiger partial charge on any atom is 0.128 e. The normalized spacial score (nSPS) is 13.8. The molecule has 120 valence electrons. The number of hydrogen-bond acceptors (Lipinski definition) is 2. The summed E-state index contributed by atoms with van der Waals surface area (Å²) in [6, 6.07) is 21.8. The van der Waals surface area contributed by atoms with E-state index < -0.39 is 0 Å². The minimum absolute atomic E-state index is 0.881. The number of hydrogen-bond donors (Lipinski definition) is 1. The van der Waals surface area contributed by atoms with E-state index >= 15 is 0 Å². The van der Waals surface area contributed by atoms with Crippen molar-refractivity contribution >= 4 is 16.6 Å². The fourth-order valence-corrected chi connectivity index (χ4v) is 3.58. The largest absolute Gasteiger partial charge is 0.368 e. The Balaban J connectivity index is 1.66. The molecule has 0 saturated carbocycles. The van der Waals surface area contributed by atoms with Gasteiger partial charge in [-0.25, -0.2) is 0 Å². The highest BCUT2D eigenvalue weighted by atomic mass is 15.1. The molecule has 2 nitrogen and oxygen atoms in total. The van der Waals surface area contributed by atoms with Gasteiger partial charge in [-0.05, 0) is 47.2 Å². The van der Waals surface area contributed by atoms with Gasteiger partial charge in [-0.15, -0.1) is 0 Å². The molecule has 0 amide bonds. The first-order chi connectivity index (χ1) is 11.8. The van der Waals surface area contributed by atoms with E-state index in [0.717, 1.165) is 31.8 Å². The van der Waals surface area contributed by atoms with Crippen molar-refractivity contribution in [3.8, 4) is 0 Å². The van der Waals surface area contributed by atoms with Crippen molar-refractivity contribution in [3.05, 3.63) is 82.9 Å². The van der Waals surface area contributed by atoms with Crippen LogP contribution >= 0.6 is 0 Å². The monoisotopic (exact) mass is 314 g/mol. The molecular formula is C22H22N2. The lowest BCUT2D eigenvalue weighted by atomic mass is 9.93. The Morgan fingerprint density at radius 3 is 2.62 bits per heavy atom. The second-order valence-electron chi connectivity index (χ2n) is 6.40. The Kier molecular flexibility index (Phi) is 4.04. The van der Waals surface area contributed by atoms with Gasteiger partial charge in [0, 0.05) is 12.1 Å². The van der Waals surface area contributed by atoms with E-state index in [2.05, 4.69) is 77.9 Å². The van der Waals surface area contributed by atoms with Crippen LogP contribution in [0.15, 0.2) is 65.7 Å². The Hall–Kier alpha value is -2.61. The van der Waals surface area contributed by atoms with Crippen molar-refractivity contribution in [1.29, 1.82) is 0 Å². The molecule has 0 unspecified atom stereocenters. The second kappa shape index (κ2) is 6.48. The quantitative estimate of drug-likeness (QED) is 0.763. The highest BCUT2D eigenvalue weighted by Crippen LogP contribution is 2.24. The third-order valence-electron chi connectivity index (χ3n) is 4.87. The van der Waals surface area contributed by atoms with Crippen molar-refractivity contribution in [2.75, 3.05) is 13.1 Å². The Labute approximate surface area is 143 Å². The average Bonchev–Trinajstić information content (AvgIpc) is 3.16. The predicted molar refractivity (Wildman–Crippen MR) is 102 cm³/mol. The van der Waals surface area contributed by atoms with Crippen LogP contribution in [-0.4, -0.2) is 18.9 Å². The molecule has 0 atom stereocenters. The fraction of sp³-hybridized carbons (Fsp3) is 0.227. The number of nitrogens with zero attached hydrogens (tertiary/aromatic N) is 1. The van der Waals surface area contributed by atoms with E-state index in [9.17, 15) is 0 Å². The van der Waals surface area contributed by atoms with Crippen molar-refractivity contribution in [2.24, 2.45) is 4.99 Å². The first-order valence-electron chi connectivity index (χ1n) is 8.67. The van der Waals surface area contributed by atoms with Gasteiger partial charge >= 0.3 is 0 Å². The zero-order chi connectivity index (χ0) is 16.4. The number of amidine groups is 1. The lowest BCUT2D eigenvalue weighted by molar-refractivity contribution is 0.945. The molecule has 1 aliphatic heterocycles. The molecule has 1 aliphatic rings. The first-order valence-corrected chi connectivity index (χ1v) is 8.67. The first kappa shape index (κ1) is 14.9.